The topological polar surface area (TPSA) is 39.9 Å². The van der Waals surface area contributed by atoms with Crippen LogP contribution in [0.5, 0.6) is 0 Å². The van der Waals surface area contributed by atoms with Crippen LogP contribution in [0.1, 0.15) is 25.2 Å². The van der Waals surface area contributed by atoms with Gasteiger partial charge in [0.25, 0.3) is 0 Å². The highest BCUT2D eigenvalue weighted by molar-refractivity contribution is 6.17. The highest BCUT2D eigenvalue weighted by atomic mass is 35.5. The van der Waals surface area contributed by atoms with Gasteiger partial charge in [0, 0.05) is 25.0 Å². The standard InChI is InChI=1S/C14H20ClN3O/c1-10(2)19-9-8-18-12(4-6-15)17-13-11(3)5-7-16-14(13)18/h5,7,10H,4,6,8-9H2,1-3H3. The van der Waals surface area contributed by atoms with Crippen molar-refractivity contribution in [3.63, 3.8) is 0 Å². The number of pyridine rings is 1. The van der Waals surface area contributed by atoms with Crippen molar-refractivity contribution in [2.45, 2.75) is 39.8 Å². The van der Waals surface area contributed by atoms with Gasteiger partial charge in [0.2, 0.25) is 0 Å². The van der Waals surface area contributed by atoms with Gasteiger partial charge in [-0.25, -0.2) is 9.97 Å². The Morgan fingerprint density at radius 2 is 2.21 bits per heavy atom. The molecule has 0 aromatic carbocycles. The smallest absolute Gasteiger partial charge is 0.160 e. The van der Waals surface area contributed by atoms with E-state index in [-0.39, 0.29) is 6.10 Å². The molecule has 2 aromatic heterocycles. The second-order valence-electron chi connectivity index (χ2n) is 4.84. The zero-order valence-corrected chi connectivity index (χ0v) is 12.4. The quantitative estimate of drug-likeness (QED) is 0.764. The van der Waals surface area contributed by atoms with Crippen molar-refractivity contribution in [2.75, 3.05) is 12.5 Å². The summed E-state index contributed by atoms with van der Waals surface area (Å²) >= 11 is 5.85. The number of halogens is 1. The van der Waals surface area contributed by atoms with Crippen LogP contribution in [-0.2, 0) is 17.7 Å². The first kappa shape index (κ1) is 14.3. The molecule has 0 saturated heterocycles. The average Bonchev–Trinajstić information content (AvgIpc) is 2.70. The lowest BCUT2D eigenvalue weighted by molar-refractivity contribution is 0.0728. The third-order valence-corrected chi connectivity index (χ3v) is 3.19. The number of alkyl halides is 1. The molecule has 0 bridgehead atoms. The summed E-state index contributed by atoms with van der Waals surface area (Å²) in [5.41, 5.74) is 3.03. The van der Waals surface area contributed by atoms with Crippen LogP contribution in [0, 0.1) is 6.92 Å². The molecule has 5 heteroatoms. The average molecular weight is 282 g/mol. The Balaban J connectivity index is 2.32. The number of rotatable bonds is 6. The molecule has 0 radical (unpaired) electrons. The molecule has 2 heterocycles. The number of aromatic nitrogens is 3. The van der Waals surface area contributed by atoms with E-state index in [4.69, 9.17) is 16.3 Å². The van der Waals surface area contributed by atoms with Crippen molar-refractivity contribution in [1.82, 2.24) is 14.5 Å². The van der Waals surface area contributed by atoms with E-state index in [0.29, 0.717) is 12.5 Å². The maximum absolute atomic E-state index is 5.85. The monoisotopic (exact) mass is 281 g/mol. The number of ether oxygens (including phenoxy) is 1. The molecule has 0 saturated carbocycles. The van der Waals surface area contributed by atoms with E-state index >= 15 is 0 Å². The lowest BCUT2D eigenvalue weighted by Gasteiger charge is -2.10. The van der Waals surface area contributed by atoms with E-state index in [1.807, 2.05) is 26.1 Å². The molecule has 0 spiro atoms. The summed E-state index contributed by atoms with van der Waals surface area (Å²) in [6.07, 6.45) is 2.81. The molecule has 0 fully saturated rings. The molecule has 0 N–H and O–H groups in total. The predicted octanol–water partition coefficient (Wildman–Crippen LogP) is 2.95. The zero-order chi connectivity index (χ0) is 13.8. The largest absolute Gasteiger partial charge is 0.377 e. The minimum atomic E-state index is 0.237. The molecule has 2 aromatic rings. The van der Waals surface area contributed by atoms with Gasteiger partial charge in [-0.3, -0.25) is 0 Å². The van der Waals surface area contributed by atoms with Crippen LogP contribution >= 0.6 is 11.6 Å². The minimum Gasteiger partial charge on any atom is -0.377 e. The van der Waals surface area contributed by atoms with Gasteiger partial charge in [0.15, 0.2) is 5.65 Å². The Hall–Kier alpha value is -1.13. The molecule has 0 amide bonds. The lowest BCUT2D eigenvalue weighted by atomic mass is 10.3. The van der Waals surface area contributed by atoms with Gasteiger partial charge in [0.1, 0.15) is 11.3 Å². The van der Waals surface area contributed by atoms with Gasteiger partial charge < -0.3 is 9.30 Å². The van der Waals surface area contributed by atoms with Gasteiger partial charge in [-0.2, -0.15) is 0 Å². The number of fused-ring (bicyclic) bond motifs is 1. The molecule has 0 aliphatic rings. The number of hydrogen-bond acceptors (Lipinski definition) is 3. The van der Waals surface area contributed by atoms with Crippen LogP contribution in [0.25, 0.3) is 11.2 Å². The van der Waals surface area contributed by atoms with E-state index in [0.717, 1.165) is 35.5 Å². The van der Waals surface area contributed by atoms with Crippen LogP contribution in [0.2, 0.25) is 0 Å². The summed E-state index contributed by atoms with van der Waals surface area (Å²) in [6, 6.07) is 1.98. The molecule has 104 valence electrons. The Labute approximate surface area is 118 Å². The number of hydrogen-bond donors (Lipinski definition) is 0. The summed E-state index contributed by atoms with van der Waals surface area (Å²) in [6.45, 7) is 7.55. The van der Waals surface area contributed by atoms with E-state index in [9.17, 15) is 0 Å². The van der Waals surface area contributed by atoms with E-state index in [2.05, 4.69) is 21.5 Å². The summed E-state index contributed by atoms with van der Waals surface area (Å²) in [4.78, 5) is 9.10. The van der Waals surface area contributed by atoms with Gasteiger partial charge >= 0.3 is 0 Å². The van der Waals surface area contributed by atoms with Crippen molar-refractivity contribution in [2.24, 2.45) is 0 Å². The molecule has 0 atom stereocenters. The zero-order valence-electron chi connectivity index (χ0n) is 11.7. The predicted molar refractivity (Wildman–Crippen MR) is 77.8 cm³/mol. The molecule has 2 rings (SSSR count). The first-order valence-electron chi connectivity index (χ1n) is 6.61. The second kappa shape index (κ2) is 6.35. The molecule has 0 aliphatic heterocycles. The Kier molecular flexibility index (Phi) is 4.77. The highest BCUT2D eigenvalue weighted by Crippen LogP contribution is 2.18. The van der Waals surface area contributed by atoms with E-state index in [1.54, 1.807) is 0 Å². The minimum absolute atomic E-state index is 0.237. The fraction of sp³-hybridized carbons (Fsp3) is 0.571. The number of imidazole rings is 1. The van der Waals surface area contributed by atoms with Crippen molar-refractivity contribution in [3.05, 3.63) is 23.7 Å². The van der Waals surface area contributed by atoms with Gasteiger partial charge in [-0.1, -0.05) is 0 Å². The molecule has 0 unspecified atom stereocenters. The molecule has 4 nitrogen and oxygen atoms in total. The van der Waals surface area contributed by atoms with Crippen molar-refractivity contribution in [3.8, 4) is 0 Å². The summed E-state index contributed by atoms with van der Waals surface area (Å²) < 4.78 is 7.74. The maximum Gasteiger partial charge on any atom is 0.160 e. The highest BCUT2D eigenvalue weighted by Gasteiger charge is 2.12. The molecule has 0 aliphatic carbocycles. The van der Waals surface area contributed by atoms with Gasteiger partial charge in [-0.05, 0) is 32.4 Å². The molecule has 19 heavy (non-hydrogen) atoms. The van der Waals surface area contributed by atoms with Crippen LogP contribution in [0.3, 0.4) is 0 Å². The third-order valence-electron chi connectivity index (χ3n) is 3.00. The first-order chi connectivity index (χ1) is 9.13. The third kappa shape index (κ3) is 3.25. The molecular formula is C14H20ClN3O. The fourth-order valence-corrected chi connectivity index (χ4v) is 2.24. The maximum atomic E-state index is 5.85. The van der Waals surface area contributed by atoms with Crippen molar-refractivity contribution in [1.29, 1.82) is 0 Å². The Morgan fingerprint density at radius 1 is 1.42 bits per heavy atom. The van der Waals surface area contributed by atoms with Crippen LogP contribution in [0.4, 0.5) is 0 Å². The second-order valence-corrected chi connectivity index (χ2v) is 5.22. The SMILES string of the molecule is Cc1ccnc2c1nc(CCCl)n2CCOC(C)C. The van der Waals surface area contributed by atoms with Gasteiger partial charge in [-0.15, -0.1) is 11.6 Å². The van der Waals surface area contributed by atoms with Crippen molar-refractivity contribution < 1.29 is 4.74 Å². The fourth-order valence-electron chi connectivity index (χ4n) is 2.07. The van der Waals surface area contributed by atoms with Crippen LogP contribution < -0.4 is 0 Å². The van der Waals surface area contributed by atoms with Crippen molar-refractivity contribution >= 4 is 22.8 Å². The lowest BCUT2D eigenvalue weighted by Crippen LogP contribution is -2.13. The normalized spacial score (nSPS) is 11.6. The van der Waals surface area contributed by atoms with E-state index in [1.165, 1.54) is 0 Å². The summed E-state index contributed by atoms with van der Waals surface area (Å²) in [7, 11) is 0. The molecular weight excluding hydrogens is 262 g/mol. The number of nitrogens with zero attached hydrogens (tertiary/aromatic N) is 3. The van der Waals surface area contributed by atoms with Gasteiger partial charge in [0.05, 0.1) is 12.7 Å². The number of aryl methyl sites for hydroxylation is 2. The summed E-state index contributed by atoms with van der Waals surface area (Å²) in [5, 5.41) is 0. The summed E-state index contributed by atoms with van der Waals surface area (Å²) in [5.74, 6) is 1.55. The Morgan fingerprint density at radius 3 is 2.89 bits per heavy atom. The van der Waals surface area contributed by atoms with Crippen LogP contribution in [0.15, 0.2) is 12.3 Å². The van der Waals surface area contributed by atoms with Crippen LogP contribution in [-0.4, -0.2) is 33.1 Å². The Bertz CT molecular complexity index is 551. The van der Waals surface area contributed by atoms with E-state index < -0.39 is 0 Å². The first-order valence-corrected chi connectivity index (χ1v) is 7.15.